The number of carbonyl (C=O) groups excluding carboxylic acids is 1. The fourth-order valence-electron chi connectivity index (χ4n) is 2.40. The van der Waals surface area contributed by atoms with Crippen LogP contribution in [-0.4, -0.2) is 43.2 Å². The first-order valence-corrected chi connectivity index (χ1v) is 9.30. The number of aliphatic imine (C=N–C) groups is 1. The maximum Gasteiger partial charge on any atom is 0.251 e. The summed E-state index contributed by atoms with van der Waals surface area (Å²) in [6, 6.07) is 13.9. The van der Waals surface area contributed by atoms with E-state index in [2.05, 4.69) is 20.9 Å². The van der Waals surface area contributed by atoms with Crippen molar-refractivity contribution in [3.8, 4) is 5.75 Å². The number of hydrogen-bond donors (Lipinski definition) is 4. The minimum atomic E-state index is -0.181. The van der Waals surface area contributed by atoms with Crippen LogP contribution in [0.2, 0.25) is 5.02 Å². The number of halogens is 1. The van der Waals surface area contributed by atoms with Crippen LogP contribution in [0, 0.1) is 0 Å². The van der Waals surface area contributed by atoms with Gasteiger partial charge in [-0.3, -0.25) is 9.79 Å². The van der Waals surface area contributed by atoms with Crippen molar-refractivity contribution in [2.75, 3.05) is 26.2 Å². The fraction of sp³-hybridized carbons (Fsp3) is 0.300. The highest BCUT2D eigenvalue weighted by Gasteiger charge is 2.04. The van der Waals surface area contributed by atoms with E-state index >= 15 is 0 Å². The lowest BCUT2D eigenvalue weighted by atomic mass is 10.1. The van der Waals surface area contributed by atoms with Gasteiger partial charge in [0.25, 0.3) is 5.91 Å². The SMILES string of the molecule is CCNC(=NCCc1cccc(Cl)c1)NCCNC(=O)c1ccc(O)cc1. The van der Waals surface area contributed by atoms with Crippen molar-refractivity contribution in [2.24, 2.45) is 4.99 Å². The van der Waals surface area contributed by atoms with E-state index in [1.165, 1.54) is 12.1 Å². The highest BCUT2D eigenvalue weighted by atomic mass is 35.5. The summed E-state index contributed by atoms with van der Waals surface area (Å²) in [6.45, 7) is 4.39. The van der Waals surface area contributed by atoms with E-state index in [9.17, 15) is 9.90 Å². The number of amides is 1. The zero-order valence-corrected chi connectivity index (χ0v) is 16.1. The van der Waals surface area contributed by atoms with Crippen molar-refractivity contribution in [1.29, 1.82) is 0 Å². The van der Waals surface area contributed by atoms with Gasteiger partial charge in [-0.15, -0.1) is 0 Å². The zero-order valence-electron chi connectivity index (χ0n) is 15.3. The molecule has 0 saturated heterocycles. The highest BCUT2D eigenvalue weighted by Crippen LogP contribution is 2.11. The third-order valence-corrected chi connectivity index (χ3v) is 3.97. The van der Waals surface area contributed by atoms with Crippen molar-refractivity contribution in [3.05, 3.63) is 64.7 Å². The van der Waals surface area contributed by atoms with Crippen LogP contribution in [0.3, 0.4) is 0 Å². The van der Waals surface area contributed by atoms with Gasteiger partial charge in [0, 0.05) is 36.8 Å². The molecular formula is C20H25ClN4O2. The molecule has 0 spiro atoms. The lowest BCUT2D eigenvalue weighted by Gasteiger charge is -2.12. The predicted molar refractivity (Wildman–Crippen MR) is 110 cm³/mol. The van der Waals surface area contributed by atoms with Gasteiger partial charge in [-0.1, -0.05) is 23.7 Å². The summed E-state index contributed by atoms with van der Waals surface area (Å²) in [4.78, 5) is 16.5. The lowest BCUT2D eigenvalue weighted by Crippen LogP contribution is -2.41. The van der Waals surface area contributed by atoms with Crippen molar-refractivity contribution in [2.45, 2.75) is 13.3 Å². The summed E-state index contributed by atoms with van der Waals surface area (Å²) in [5.41, 5.74) is 1.65. The number of phenols is 1. The van der Waals surface area contributed by atoms with Crippen molar-refractivity contribution < 1.29 is 9.90 Å². The van der Waals surface area contributed by atoms with Gasteiger partial charge in [0.05, 0.1) is 0 Å². The summed E-state index contributed by atoms with van der Waals surface area (Å²) < 4.78 is 0. The Kier molecular flexibility index (Phi) is 8.45. The molecular weight excluding hydrogens is 364 g/mol. The third-order valence-electron chi connectivity index (χ3n) is 3.74. The first kappa shape index (κ1) is 20.6. The summed E-state index contributed by atoms with van der Waals surface area (Å²) in [6.07, 6.45) is 0.800. The van der Waals surface area contributed by atoms with E-state index in [0.29, 0.717) is 31.2 Å². The standard InChI is InChI=1S/C20H25ClN4O2/c1-2-22-20(24-11-10-15-4-3-5-17(21)14-15)25-13-12-23-19(27)16-6-8-18(26)9-7-16/h3-9,14,26H,2,10-13H2,1H3,(H,23,27)(H2,22,24,25). The average molecular weight is 389 g/mol. The van der Waals surface area contributed by atoms with Crippen LogP contribution in [0.1, 0.15) is 22.8 Å². The van der Waals surface area contributed by atoms with Crippen LogP contribution in [-0.2, 0) is 6.42 Å². The fourth-order valence-corrected chi connectivity index (χ4v) is 2.62. The average Bonchev–Trinajstić information content (AvgIpc) is 2.65. The third kappa shape index (κ3) is 7.58. The van der Waals surface area contributed by atoms with Crippen LogP contribution < -0.4 is 16.0 Å². The molecule has 6 nitrogen and oxygen atoms in total. The predicted octanol–water partition coefficient (Wildman–Crippen LogP) is 2.57. The Morgan fingerprint density at radius 3 is 2.52 bits per heavy atom. The van der Waals surface area contributed by atoms with Crippen LogP contribution in [0.4, 0.5) is 0 Å². The van der Waals surface area contributed by atoms with Crippen molar-refractivity contribution >= 4 is 23.5 Å². The summed E-state index contributed by atoms with van der Waals surface area (Å²) in [5.74, 6) is 0.663. The van der Waals surface area contributed by atoms with Crippen LogP contribution >= 0.6 is 11.6 Å². The second kappa shape index (κ2) is 11.1. The van der Waals surface area contributed by atoms with Gasteiger partial charge >= 0.3 is 0 Å². The number of hydrogen-bond acceptors (Lipinski definition) is 3. The number of rotatable bonds is 8. The van der Waals surface area contributed by atoms with Crippen LogP contribution in [0.5, 0.6) is 5.75 Å². The van der Waals surface area contributed by atoms with E-state index in [-0.39, 0.29) is 11.7 Å². The molecule has 0 saturated carbocycles. The lowest BCUT2D eigenvalue weighted by molar-refractivity contribution is 0.0954. The maximum absolute atomic E-state index is 12.0. The number of carbonyl (C=O) groups is 1. The Bertz CT molecular complexity index is 763. The van der Waals surface area contributed by atoms with E-state index < -0.39 is 0 Å². The Morgan fingerprint density at radius 2 is 1.81 bits per heavy atom. The second-order valence-electron chi connectivity index (χ2n) is 5.87. The van der Waals surface area contributed by atoms with Gasteiger partial charge in [-0.2, -0.15) is 0 Å². The number of aromatic hydroxyl groups is 1. The number of phenolic OH excluding ortho intramolecular Hbond substituents is 1. The minimum Gasteiger partial charge on any atom is -0.508 e. The van der Waals surface area contributed by atoms with Crippen molar-refractivity contribution in [1.82, 2.24) is 16.0 Å². The zero-order chi connectivity index (χ0) is 19.5. The molecule has 4 N–H and O–H groups in total. The molecule has 7 heteroatoms. The molecule has 0 fully saturated rings. The molecule has 0 aliphatic heterocycles. The molecule has 0 heterocycles. The van der Waals surface area contributed by atoms with Gasteiger partial charge in [0.1, 0.15) is 5.75 Å². The van der Waals surface area contributed by atoms with E-state index in [1.54, 1.807) is 12.1 Å². The molecule has 0 aliphatic rings. The molecule has 0 radical (unpaired) electrons. The Hall–Kier alpha value is -2.73. The molecule has 2 aromatic carbocycles. The van der Waals surface area contributed by atoms with Crippen LogP contribution in [0.25, 0.3) is 0 Å². The normalized spacial score (nSPS) is 11.1. The van der Waals surface area contributed by atoms with Crippen molar-refractivity contribution in [3.63, 3.8) is 0 Å². The van der Waals surface area contributed by atoms with Gasteiger partial charge < -0.3 is 21.1 Å². The monoisotopic (exact) mass is 388 g/mol. The molecule has 2 rings (SSSR count). The Morgan fingerprint density at radius 1 is 1.07 bits per heavy atom. The van der Waals surface area contributed by atoms with E-state index in [1.807, 2.05) is 31.2 Å². The molecule has 0 bridgehead atoms. The second-order valence-corrected chi connectivity index (χ2v) is 6.31. The molecule has 0 aliphatic carbocycles. The summed E-state index contributed by atoms with van der Waals surface area (Å²) in [7, 11) is 0. The molecule has 144 valence electrons. The smallest absolute Gasteiger partial charge is 0.251 e. The number of benzene rings is 2. The largest absolute Gasteiger partial charge is 0.508 e. The quantitative estimate of drug-likeness (QED) is 0.318. The highest BCUT2D eigenvalue weighted by molar-refractivity contribution is 6.30. The van der Waals surface area contributed by atoms with Gasteiger partial charge in [0.15, 0.2) is 5.96 Å². The first-order chi connectivity index (χ1) is 13.1. The summed E-state index contributed by atoms with van der Waals surface area (Å²) in [5, 5.41) is 19.2. The van der Waals surface area contributed by atoms with Gasteiger partial charge in [-0.25, -0.2) is 0 Å². The number of guanidine groups is 1. The molecule has 0 aromatic heterocycles. The summed E-state index contributed by atoms with van der Waals surface area (Å²) >= 11 is 5.99. The minimum absolute atomic E-state index is 0.137. The van der Waals surface area contributed by atoms with E-state index in [4.69, 9.17) is 11.6 Å². The molecule has 0 atom stereocenters. The molecule has 0 unspecified atom stereocenters. The number of nitrogens with zero attached hydrogens (tertiary/aromatic N) is 1. The molecule has 2 aromatic rings. The number of nitrogens with one attached hydrogen (secondary N) is 3. The van der Waals surface area contributed by atoms with Gasteiger partial charge in [0.2, 0.25) is 0 Å². The van der Waals surface area contributed by atoms with Crippen LogP contribution in [0.15, 0.2) is 53.5 Å². The van der Waals surface area contributed by atoms with Gasteiger partial charge in [-0.05, 0) is 55.3 Å². The molecule has 27 heavy (non-hydrogen) atoms. The maximum atomic E-state index is 12.0. The first-order valence-electron chi connectivity index (χ1n) is 8.92. The van der Waals surface area contributed by atoms with E-state index in [0.717, 1.165) is 23.6 Å². The Labute approximate surface area is 164 Å². The molecule has 1 amide bonds. The topological polar surface area (TPSA) is 85.8 Å². The Balaban J connectivity index is 1.74.